The van der Waals surface area contributed by atoms with E-state index in [4.69, 9.17) is 5.11 Å². The number of aromatic hydroxyl groups is 1. The third kappa shape index (κ3) is 2.44. The monoisotopic (exact) mass is 336 g/mol. The van der Waals surface area contributed by atoms with Crippen LogP contribution in [0.3, 0.4) is 0 Å². The van der Waals surface area contributed by atoms with Crippen LogP contribution in [0.2, 0.25) is 0 Å². The van der Waals surface area contributed by atoms with Crippen LogP contribution >= 0.6 is 15.9 Å². The van der Waals surface area contributed by atoms with Gasteiger partial charge in [0.2, 0.25) is 0 Å². The molecule has 0 bridgehead atoms. The Bertz CT molecular complexity index is 774. The molecule has 0 aliphatic heterocycles. The van der Waals surface area contributed by atoms with Crippen LogP contribution in [-0.4, -0.2) is 19.5 Å². The first kappa shape index (κ1) is 12.9. The van der Waals surface area contributed by atoms with Gasteiger partial charge in [-0.15, -0.1) is 0 Å². The van der Waals surface area contributed by atoms with Crippen molar-refractivity contribution in [1.82, 2.24) is 14.4 Å². The number of nitrogens with zero attached hydrogens (tertiary/aromatic N) is 3. The van der Waals surface area contributed by atoms with Gasteiger partial charge in [-0.3, -0.25) is 4.40 Å². The molecular formula is C13H10BrFN4O. The molecule has 2 N–H and O–H groups in total. The number of fused-ring (bicyclic) bond motifs is 1. The SMILES string of the molecule is Oc1ccc(NCc2cnc3cnc(Br)cn23)cc1F. The number of aromatic nitrogens is 3. The summed E-state index contributed by atoms with van der Waals surface area (Å²) in [5.74, 6) is -1.01. The molecular weight excluding hydrogens is 327 g/mol. The molecule has 7 heteroatoms. The molecule has 0 unspecified atom stereocenters. The van der Waals surface area contributed by atoms with Gasteiger partial charge in [-0.05, 0) is 28.1 Å². The highest BCUT2D eigenvalue weighted by Gasteiger charge is 2.05. The van der Waals surface area contributed by atoms with Crippen molar-refractivity contribution < 1.29 is 9.50 Å². The summed E-state index contributed by atoms with van der Waals surface area (Å²) in [6.07, 6.45) is 5.21. The van der Waals surface area contributed by atoms with E-state index in [1.807, 2.05) is 10.6 Å². The van der Waals surface area contributed by atoms with E-state index >= 15 is 0 Å². The summed E-state index contributed by atoms with van der Waals surface area (Å²) in [4.78, 5) is 8.33. The van der Waals surface area contributed by atoms with Crippen molar-refractivity contribution in [3.8, 4) is 5.75 Å². The maximum atomic E-state index is 13.2. The van der Waals surface area contributed by atoms with Crippen LogP contribution < -0.4 is 5.32 Å². The Morgan fingerprint density at radius 3 is 2.95 bits per heavy atom. The molecule has 0 fully saturated rings. The van der Waals surface area contributed by atoms with E-state index in [1.165, 1.54) is 12.1 Å². The minimum Gasteiger partial charge on any atom is -0.505 e. The van der Waals surface area contributed by atoms with Crippen LogP contribution in [0.5, 0.6) is 5.75 Å². The van der Waals surface area contributed by atoms with Gasteiger partial charge < -0.3 is 10.4 Å². The quantitative estimate of drug-likeness (QED) is 0.722. The lowest BCUT2D eigenvalue weighted by atomic mass is 10.3. The Labute approximate surface area is 122 Å². The third-order valence-electron chi connectivity index (χ3n) is 2.86. The number of hydrogen-bond acceptors (Lipinski definition) is 4. The normalized spacial score (nSPS) is 10.9. The molecule has 1 aromatic carbocycles. The molecule has 0 aliphatic rings. The van der Waals surface area contributed by atoms with Crippen molar-refractivity contribution in [2.45, 2.75) is 6.54 Å². The number of phenolic OH excluding ortho intramolecular Hbond substituents is 1. The van der Waals surface area contributed by atoms with Gasteiger partial charge in [0, 0.05) is 18.0 Å². The van der Waals surface area contributed by atoms with Crippen LogP contribution in [0.25, 0.3) is 5.65 Å². The second kappa shape index (κ2) is 5.09. The van der Waals surface area contributed by atoms with Crippen molar-refractivity contribution in [3.05, 3.63) is 52.9 Å². The van der Waals surface area contributed by atoms with E-state index in [2.05, 4.69) is 31.2 Å². The number of halogens is 2. The predicted octanol–water partition coefficient (Wildman–Crippen LogP) is 2.95. The van der Waals surface area contributed by atoms with Crippen LogP contribution in [0.15, 0.2) is 41.4 Å². The van der Waals surface area contributed by atoms with Gasteiger partial charge in [-0.25, -0.2) is 14.4 Å². The maximum Gasteiger partial charge on any atom is 0.166 e. The summed E-state index contributed by atoms with van der Waals surface area (Å²) in [6, 6.07) is 4.17. The first-order chi connectivity index (χ1) is 9.63. The molecule has 0 amide bonds. The zero-order chi connectivity index (χ0) is 14.1. The Hall–Kier alpha value is -2.15. The molecule has 3 aromatic rings. The van der Waals surface area contributed by atoms with E-state index in [9.17, 15) is 4.39 Å². The van der Waals surface area contributed by atoms with E-state index in [0.29, 0.717) is 16.8 Å². The number of phenols is 1. The Morgan fingerprint density at radius 1 is 1.30 bits per heavy atom. The van der Waals surface area contributed by atoms with E-state index in [1.54, 1.807) is 18.5 Å². The largest absolute Gasteiger partial charge is 0.505 e. The van der Waals surface area contributed by atoms with Crippen LogP contribution in [-0.2, 0) is 6.54 Å². The topological polar surface area (TPSA) is 62.5 Å². The number of nitrogens with one attached hydrogen (secondary N) is 1. The lowest BCUT2D eigenvalue weighted by Gasteiger charge is -2.07. The first-order valence-corrected chi connectivity index (χ1v) is 6.62. The fourth-order valence-electron chi connectivity index (χ4n) is 1.86. The third-order valence-corrected chi connectivity index (χ3v) is 3.27. The fraction of sp³-hybridized carbons (Fsp3) is 0.0769. The second-order valence-corrected chi connectivity index (χ2v) is 5.02. The highest BCUT2D eigenvalue weighted by molar-refractivity contribution is 9.10. The summed E-state index contributed by atoms with van der Waals surface area (Å²) < 4.78 is 15.8. The van der Waals surface area contributed by atoms with Crippen LogP contribution in [0.1, 0.15) is 5.69 Å². The molecule has 2 heterocycles. The first-order valence-electron chi connectivity index (χ1n) is 5.83. The van der Waals surface area contributed by atoms with Crippen molar-refractivity contribution in [1.29, 1.82) is 0 Å². The molecule has 102 valence electrons. The molecule has 2 aromatic heterocycles. The lowest BCUT2D eigenvalue weighted by Crippen LogP contribution is -2.03. The molecule has 0 spiro atoms. The van der Waals surface area contributed by atoms with E-state index in [-0.39, 0.29) is 5.75 Å². The minimum absolute atomic E-state index is 0.361. The highest BCUT2D eigenvalue weighted by atomic mass is 79.9. The molecule has 3 rings (SSSR count). The number of anilines is 1. The number of rotatable bonds is 3. The maximum absolute atomic E-state index is 13.2. The number of hydrogen-bond donors (Lipinski definition) is 2. The van der Waals surface area contributed by atoms with Gasteiger partial charge in [0.05, 0.1) is 24.6 Å². The van der Waals surface area contributed by atoms with Crippen molar-refractivity contribution in [2.75, 3.05) is 5.32 Å². The fourth-order valence-corrected chi connectivity index (χ4v) is 2.16. The molecule has 0 saturated carbocycles. The van der Waals surface area contributed by atoms with Crippen molar-refractivity contribution in [2.24, 2.45) is 0 Å². The van der Waals surface area contributed by atoms with Crippen LogP contribution in [0, 0.1) is 5.82 Å². The molecule has 0 atom stereocenters. The van der Waals surface area contributed by atoms with Gasteiger partial charge in [-0.2, -0.15) is 0 Å². The van der Waals surface area contributed by atoms with Crippen molar-refractivity contribution in [3.63, 3.8) is 0 Å². The van der Waals surface area contributed by atoms with E-state index < -0.39 is 5.82 Å². The zero-order valence-electron chi connectivity index (χ0n) is 10.2. The summed E-state index contributed by atoms with van der Waals surface area (Å²) in [6.45, 7) is 0.474. The Kier molecular flexibility index (Phi) is 3.27. The molecule has 5 nitrogen and oxygen atoms in total. The smallest absolute Gasteiger partial charge is 0.166 e. The van der Waals surface area contributed by atoms with E-state index in [0.717, 1.165) is 11.3 Å². The Balaban J connectivity index is 1.83. The highest BCUT2D eigenvalue weighted by Crippen LogP contribution is 2.20. The summed E-state index contributed by atoms with van der Waals surface area (Å²) in [5, 5.41) is 12.2. The number of benzene rings is 1. The van der Waals surface area contributed by atoms with Gasteiger partial charge in [0.15, 0.2) is 17.2 Å². The molecule has 0 saturated heterocycles. The van der Waals surface area contributed by atoms with Crippen LogP contribution in [0.4, 0.5) is 10.1 Å². The lowest BCUT2D eigenvalue weighted by molar-refractivity contribution is 0.432. The summed E-state index contributed by atoms with van der Waals surface area (Å²) in [7, 11) is 0. The van der Waals surface area contributed by atoms with Gasteiger partial charge in [0.1, 0.15) is 4.60 Å². The van der Waals surface area contributed by atoms with Gasteiger partial charge >= 0.3 is 0 Å². The predicted molar refractivity (Wildman–Crippen MR) is 76.1 cm³/mol. The van der Waals surface area contributed by atoms with Crippen molar-refractivity contribution >= 4 is 27.3 Å². The summed E-state index contributed by atoms with van der Waals surface area (Å²) in [5.41, 5.74) is 2.24. The standard InChI is InChI=1S/C13H10BrFN4O/c14-12-7-19-9(5-18-13(19)6-17-12)4-16-8-1-2-11(20)10(15)3-8/h1-3,5-7,16,20H,4H2. The van der Waals surface area contributed by atoms with Gasteiger partial charge in [-0.1, -0.05) is 0 Å². The molecule has 0 aliphatic carbocycles. The average molecular weight is 337 g/mol. The minimum atomic E-state index is -0.653. The molecule has 0 radical (unpaired) electrons. The Morgan fingerprint density at radius 2 is 2.15 bits per heavy atom. The zero-order valence-corrected chi connectivity index (χ0v) is 11.8. The second-order valence-electron chi connectivity index (χ2n) is 4.21. The van der Waals surface area contributed by atoms with Gasteiger partial charge in [0.25, 0.3) is 0 Å². The summed E-state index contributed by atoms with van der Waals surface area (Å²) >= 11 is 3.31. The molecule has 20 heavy (non-hydrogen) atoms. The average Bonchev–Trinajstić information content (AvgIpc) is 2.82. The number of imidazole rings is 1.